The number of aromatic nitrogens is 2. The lowest BCUT2D eigenvalue weighted by Gasteiger charge is -2.21. The van der Waals surface area contributed by atoms with E-state index in [1.165, 1.54) is 0 Å². The van der Waals surface area contributed by atoms with Crippen LogP contribution in [0.5, 0.6) is 0 Å². The second kappa shape index (κ2) is 6.13. The Hall–Kier alpha value is -2.08. The minimum Gasteiger partial charge on any atom is -0.444 e. The zero-order valence-corrected chi connectivity index (χ0v) is 12.7. The van der Waals surface area contributed by atoms with Crippen LogP contribution in [0.25, 0.3) is 5.52 Å². The Morgan fingerprint density at radius 2 is 2.24 bits per heavy atom. The smallest absolute Gasteiger partial charge is 0.407 e. The van der Waals surface area contributed by atoms with Gasteiger partial charge in [0.2, 0.25) is 0 Å². The Morgan fingerprint density at radius 1 is 1.48 bits per heavy atom. The lowest BCUT2D eigenvalue weighted by molar-refractivity contribution is 0.0525. The van der Waals surface area contributed by atoms with E-state index in [4.69, 9.17) is 10.5 Å². The Morgan fingerprint density at radius 3 is 2.90 bits per heavy atom. The van der Waals surface area contributed by atoms with Gasteiger partial charge < -0.3 is 15.8 Å². The van der Waals surface area contributed by atoms with Crippen molar-refractivity contribution in [3.05, 3.63) is 36.2 Å². The number of carbonyl (C=O) groups excluding carboxylic acids is 1. The molecule has 0 saturated carbocycles. The van der Waals surface area contributed by atoms with Gasteiger partial charge in [0.15, 0.2) is 0 Å². The summed E-state index contributed by atoms with van der Waals surface area (Å²) in [5.41, 5.74) is 7.35. The maximum Gasteiger partial charge on any atom is 0.407 e. The molecule has 0 aliphatic carbocycles. The van der Waals surface area contributed by atoms with Gasteiger partial charge >= 0.3 is 6.09 Å². The molecule has 0 spiro atoms. The molecule has 2 aromatic rings. The van der Waals surface area contributed by atoms with Crippen LogP contribution in [0.4, 0.5) is 4.79 Å². The number of alkyl carbamates (subject to hydrolysis) is 1. The van der Waals surface area contributed by atoms with E-state index in [2.05, 4.69) is 10.4 Å². The molecule has 0 aliphatic rings. The molecule has 2 aromatic heterocycles. The maximum absolute atomic E-state index is 11.7. The molecule has 0 saturated heterocycles. The average Bonchev–Trinajstić information content (AvgIpc) is 2.82. The van der Waals surface area contributed by atoms with Crippen LogP contribution < -0.4 is 11.1 Å². The Kier molecular flexibility index (Phi) is 4.47. The molecule has 21 heavy (non-hydrogen) atoms. The summed E-state index contributed by atoms with van der Waals surface area (Å²) in [4.78, 5) is 11.7. The normalized spacial score (nSPS) is 13.1. The first kappa shape index (κ1) is 15.3. The molecule has 114 valence electrons. The summed E-state index contributed by atoms with van der Waals surface area (Å²) in [6.07, 6.45) is 3.24. The Balaban J connectivity index is 2.05. The van der Waals surface area contributed by atoms with Crippen molar-refractivity contribution in [3.63, 3.8) is 0 Å². The van der Waals surface area contributed by atoms with Crippen molar-refractivity contribution in [2.24, 2.45) is 5.73 Å². The lowest BCUT2D eigenvalue weighted by Crippen LogP contribution is -2.36. The van der Waals surface area contributed by atoms with Gasteiger partial charge in [-0.2, -0.15) is 5.10 Å². The second-order valence-electron chi connectivity index (χ2n) is 5.95. The molecule has 2 rings (SSSR count). The number of pyridine rings is 1. The fraction of sp³-hybridized carbons (Fsp3) is 0.467. The predicted octanol–water partition coefficient (Wildman–Crippen LogP) is 1.90. The minimum atomic E-state index is -0.507. The van der Waals surface area contributed by atoms with Gasteiger partial charge in [0, 0.05) is 30.8 Å². The Bertz CT molecular complexity index is 615. The Labute approximate surface area is 124 Å². The van der Waals surface area contributed by atoms with Crippen LogP contribution >= 0.6 is 0 Å². The van der Waals surface area contributed by atoms with Crippen LogP contribution in [0.1, 0.15) is 32.3 Å². The monoisotopic (exact) mass is 290 g/mol. The fourth-order valence-corrected chi connectivity index (χ4v) is 2.11. The van der Waals surface area contributed by atoms with E-state index in [1.54, 1.807) is 10.7 Å². The van der Waals surface area contributed by atoms with Crippen molar-refractivity contribution in [3.8, 4) is 0 Å². The number of nitrogens with one attached hydrogen (secondary N) is 1. The highest BCUT2D eigenvalue weighted by molar-refractivity contribution is 5.68. The van der Waals surface area contributed by atoms with Crippen molar-refractivity contribution in [1.29, 1.82) is 0 Å². The van der Waals surface area contributed by atoms with Crippen molar-refractivity contribution in [1.82, 2.24) is 14.9 Å². The molecule has 0 fully saturated rings. The van der Waals surface area contributed by atoms with Gasteiger partial charge in [0.05, 0.1) is 11.7 Å². The molecule has 3 N–H and O–H groups in total. The number of rotatable bonds is 4. The average molecular weight is 290 g/mol. The molecule has 0 radical (unpaired) electrons. The first-order valence-corrected chi connectivity index (χ1v) is 7.00. The number of hydrogen-bond acceptors (Lipinski definition) is 4. The first-order chi connectivity index (χ1) is 9.90. The number of fused-ring (bicyclic) bond motifs is 1. The SMILES string of the molecule is CC(C)(C)OC(=O)NCC(CN)c1cnn2ccccc12. The van der Waals surface area contributed by atoms with Crippen molar-refractivity contribution < 1.29 is 9.53 Å². The third-order valence-electron chi connectivity index (χ3n) is 3.07. The predicted molar refractivity (Wildman–Crippen MR) is 81.2 cm³/mol. The summed E-state index contributed by atoms with van der Waals surface area (Å²) in [5, 5.41) is 7.06. The van der Waals surface area contributed by atoms with E-state index >= 15 is 0 Å². The number of amides is 1. The molecule has 1 amide bonds. The quantitative estimate of drug-likeness (QED) is 0.901. The molecule has 0 aliphatic heterocycles. The van der Waals surface area contributed by atoms with Crippen LogP contribution in [0, 0.1) is 0 Å². The summed E-state index contributed by atoms with van der Waals surface area (Å²) >= 11 is 0. The van der Waals surface area contributed by atoms with E-state index in [1.807, 2.05) is 45.2 Å². The zero-order chi connectivity index (χ0) is 15.5. The van der Waals surface area contributed by atoms with E-state index in [9.17, 15) is 4.79 Å². The molecule has 6 heteroatoms. The van der Waals surface area contributed by atoms with Crippen molar-refractivity contribution in [2.75, 3.05) is 13.1 Å². The highest BCUT2D eigenvalue weighted by Crippen LogP contribution is 2.19. The second-order valence-corrected chi connectivity index (χ2v) is 5.95. The first-order valence-electron chi connectivity index (χ1n) is 7.00. The van der Waals surface area contributed by atoms with E-state index in [0.717, 1.165) is 11.1 Å². The zero-order valence-electron chi connectivity index (χ0n) is 12.7. The summed E-state index contributed by atoms with van der Waals surface area (Å²) in [6.45, 7) is 6.34. The van der Waals surface area contributed by atoms with Crippen molar-refractivity contribution in [2.45, 2.75) is 32.3 Å². The minimum absolute atomic E-state index is 0.00239. The van der Waals surface area contributed by atoms with Gasteiger partial charge in [0.1, 0.15) is 5.60 Å². The summed E-state index contributed by atoms with van der Waals surface area (Å²) in [5.74, 6) is -0.00239. The highest BCUT2D eigenvalue weighted by Gasteiger charge is 2.19. The third kappa shape index (κ3) is 3.95. The summed E-state index contributed by atoms with van der Waals surface area (Å²) < 4.78 is 7.02. The highest BCUT2D eigenvalue weighted by atomic mass is 16.6. The van der Waals surface area contributed by atoms with E-state index < -0.39 is 11.7 Å². The molecule has 2 heterocycles. The molecular formula is C15H22N4O2. The van der Waals surface area contributed by atoms with Crippen LogP contribution in [0.2, 0.25) is 0 Å². The summed E-state index contributed by atoms with van der Waals surface area (Å²) in [6, 6.07) is 5.86. The standard InChI is InChI=1S/C15H22N4O2/c1-15(2,3)21-14(20)17-9-11(8-16)12-10-18-19-7-5-4-6-13(12)19/h4-7,10-11H,8-9,16H2,1-3H3,(H,17,20). The molecular weight excluding hydrogens is 268 g/mol. The van der Waals surface area contributed by atoms with Crippen molar-refractivity contribution >= 4 is 11.6 Å². The van der Waals surface area contributed by atoms with Crippen LogP contribution in [-0.4, -0.2) is 34.4 Å². The van der Waals surface area contributed by atoms with Gasteiger partial charge in [-0.25, -0.2) is 9.31 Å². The van der Waals surface area contributed by atoms with Gasteiger partial charge in [-0.1, -0.05) is 6.07 Å². The van der Waals surface area contributed by atoms with Crippen LogP contribution in [0.15, 0.2) is 30.6 Å². The van der Waals surface area contributed by atoms with Crippen LogP contribution in [0.3, 0.4) is 0 Å². The molecule has 0 aromatic carbocycles. The maximum atomic E-state index is 11.7. The number of nitrogens with two attached hydrogens (primary N) is 1. The number of carbonyl (C=O) groups is 1. The van der Waals surface area contributed by atoms with Crippen LogP contribution in [-0.2, 0) is 4.74 Å². The molecule has 6 nitrogen and oxygen atoms in total. The third-order valence-corrected chi connectivity index (χ3v) is 3.07. The fourth-order valence-electron chi connectivity index (χ4n) is 2.11. The number of ether oxygens (including phenoxy) is 1. The number of hydrogen-bond donors (Lipinski definition) is 2. The van der Waals surface area contributed by atoms with Gasteiger partial charge in [0.25, 0.3) is 0 Å². The largest absolute Gasteiger partial charge is 0.444 e. The molecule has 1 unspecified atom stereocenters. The topological polar surface area (TPSA) is 81.6 Å². The summed E-state index contributed by atoms with van der Waals surface area (Å²) in [7, 11) is 0. The molecule has 0 bridgehead atoms. The lowest BCUT2D eigenvalue weighted by atomic mass is 10.0. The van der Waals surface area contributed by atoms with Gasteiger partial charge in [-0.05, 0) is 32.9 Å². The van der Waals surface area contributed by atoms with Gasteiger partial charge in [-0.15, -0.1) is 0 Å². The van der Waals surface area contributed by atoms with Gasteiger partial charge in [-0.3, -0.25) is 0 Å². The number of nitrogens with zero attached hydrogens (tertiary/aromatic N) is 2. The van der Waals surface area contributed by atoms with E-state index in [-0.39, 0.29) is 5.92 Å². The van der Waals surface area contributed by atoms with E-state index in [0.29, 0.717) is 13.1 Å². The molecule has 1 atom stereocenters.